The molecule has 0 aromatic heterocycles. The highest BCUT2D eigenvalue weighted by atomic mass is 19.1. The number of likely N-dealkylation sites (tertiary alicyclic amines) is 2. The van der Waals surface area contributed by atoms with E-state index in [4.69, 9.17) is 9.84 Å². The number of amides is 2. The predicted molar refractivity (Wildman–Crippen MR) is 101 cm³/mol. The Bertz CT molecular complexity index is 591. The van der Waals surface area contributed by atoms with Crippen LogP contribution in [0, 0.1) is 11.7 Å². The lowest BCUT2D eigenvalue weighted by Crippen LogP contribution is -2.52. The molecule has 0 unspecified atom stereocenters. The van der Waals surface area contributed by atoms with Crippen LogP contribution in [0.5, 0.6) is 5.75 Å². The summed E-state index contributed by atoms with van der Waals surface area (Å²) in [5.41, 5.74) is 0. The van der Waals surface area contributed by atoms with Crippen LogP contribution in [0.15, 0.2) is 24.3 Å². The lowest BCUT2D eigenvalue weighted by atomic mass is 9.99. The summed E-state index contributed by atoms with van der Waals surface area (Å²) in [6, 6.07) is 6.27. The molecule has 6 nitrogen and oxygen atoms in total. The van der Waals surface area contributed by atoms with Gasteiger partial charge in [0, 0.05) is 44.7 Å². The van der Waals surface area contributed by atoms with Crippen LogP contribution in [-0.2, 0) is 0 Å². The molecular formula is C20H30FN3O3. The number of rotatable bonds is 6. The third-order valence-electron chi connectivity index (χ3n) is 5.44. The second-order valence-electron chi connectivity index (χ2n) is 7.51. The summed E-state index contributed by atoms with van der Waals surface area (Å²) in [5, 5.41) is 12.2. The van der Waals surface area contributed by atoms with E-state index in [-0.39, 0.29) is 24.5 Å². The number of hydrogen-bond donors (Lipinski definition) is 2. The van der Waals surface area contributed by atoms with Crippen LogP contribution in [0.4, 0.5) is 9.18 Å². The number of aliphatic hydroxyl groups is 1. The molecular weight excluding hydrogens is 349 g/mol. The number of carbonyl (C=O) groups excluding carboxylic acids is 1. The summed E-state index contributed by atoms with van der Waals surface area (Å²) >= 11 is 0. The summed E-state index contributed by atoms with van der Waals surface area (Å²) in [4.78, 5) is 16.7. The van der Waals surface area contributed by atoms with Gasteiger partial charge in [-0.05, 0) is 49.9 Å². The quantitative estimate of drug-likeness (QED) is 0.794. The molecule has 1 aromatic carbocycles. The minimum absolute atomic E-state index is 0.0158. The van der Waals surface area contributed by atoms with E-state index < -0.39 is 0 Å². The van der Waals surface area contributed by atoms with Gasteiger partial charge in [0.2, 0.25) is 0 Å². The summed E-state index contributed by atoms with van der Waals surface area (Å²) < 4.78 is 18.7. The molecule has 2 aliphatic heterocycles. The molecule has 2 heterocycles. The van der Waals surface area contributed by atoms with Gasteiger partial charge in [-0.2, -0.15) is 0 Å². The largest absolute Gasteiger partial charge is 0.493 e. The number of urea groups is 1. The van der Waals surface area contributed by atoms with Gasteiger partial charge in [0.05, 0.1) is 13.2 Å². The Morgan fingerprint density at radius 1 is 1.19 bits per heavy atom. The summed E-state index contributed by atoms with van der Waals surface area (Å²) in [5.74, 6) is 0.679. The first-order valence-corrected chi connectivity index (χ1v) is 9.91. The Balaban J connectivity index is 1.40. The normalized spacial score (nSPS) is 21.9. The molecule has 150 valence electrons. The predicted octanol–water partition coefficient (Wildman–Crippen LogP) is 2.08. The fourth-order valence-electron chi connectivity index (χ4n) is 3.84. The van der Waals surface area contributed by atoms with Crippen LogP contribution in [-0.4, -0.2) is 72.9 Å². The zero-order chi connectivity index (χ0) is 19.1. The number of benzene rings is 1. The molecule has 0 radical (unpaired) electrons. The number of ether oxygens (including phenoxy) is 1. The van der Waals surface area contributed by atoms with Gasteiger partial charge >= 0.3 is 6.03 Å². The van der Waals surface area contributed by atoms with Crippen LogP contribution in [0.3, 0.4) is 0 Å². The van der Waals surface area contributed by atoms with Gasteiger partial charge in [0.25, 0.3) is 0 Å². The van der Waals surface area contributed by atoms with Crippen molar-refractivity contribution >= 4 is 6.03 Å². The van der Waals surface area contributed by atoms with E-state index in [1.54, 1.807) is 12.1 Å². The Morgan fingerprint density at radius 2 is 1.93 bits per heavy atom. The number of β-amino-alcohol motifs (C(OH)–C–C–N with tert-alkyl or cyclic N) is 1. The van der Waals surface area contributed by atoms with Crippen molar-refractivity contribution in [1.29, 1.82) is 0 Å². The fraction of sp³-hybridized carbons (Fsp3) is 0.650. The first kappa shape index (κ1) is 19.9. The number of aliphatic hydroxyl groups excluding tert-OH is 1. The van der Waals surface area contributed by atoms with Gasteiger partial charge in [-0.15, -0.1) is 0 Å². The fourth-order valence-corrected chi connectivity index (χ4v) is 3.84. The monoisotopic (exact) mass is 379 g/mol. The molecule has 1 atom stereocenters. The van der Waals surface area contributed by atoms with E-state index in [0.29, 0.717) is 31.4 Å². The van der Waals surface area contributed by atoms with E-state index in [9.17, 15) is 9.18 Å². The van der Waals surface area contributed by atoms with Crippen molar-refractivity contribution in [2.45, 2.75) is 31.7 Å². The van der Waals surface area contributed by atoms with Crippen LogP contribution in [0.1, 0.15) is 25.7 Å². The number of nitrogens with zero attached hydrogens (tertiary/aromatic N) is 2. The van der Waals surface area contributed by atoms with Crippen molar-refractivity contribution in [1.82, 2.24) is 15.1 Å². The maximum Gasteiger partial charge on any atom is 0.317 e. The SMILES string of the molecule is O=C(NC1CCN(CCO)CC1)N1CCC[C@H](COc2ccc(F)cc2)C1. The van der Waals surface area contributed by atoms with Gasteiger partial charge in [0.1, 0.15) is 11.6 Å². The van der Waals surface area contributed by atoms with Crippen molar-refractivity contribution in [2.24, 2.45) is 5.92 Å². The Kier molecular flexibility index (Phi) is 7.29. The van der Waals surface area contributed by atoms with Crippen LogP contribution >= 0.6 is 0 Å². The molecule has 27 heavy (non-hydrogen) atoms. The second-order valence-corrected chi connectivity index (χ2v) is 7.51. The van der Waals surface area contributed by atoms with Gasteiger partial charge in [-0.1, -0.05) is 0 Å². The maximum absolute atomic E-state index is 13.0. The maximum atomic E-state index is 13.0. The molecule has 2 aliphatic rings. The number of piperidine rings is 2. The molecule has 0 saturated carbocycles. The zero-order valence-electron chi connectivity index (χ0n) is 15.8. The van der Waals surface area contributed by atoms with Crippen LogP contribution in [0.2, 0.25) is 0 Å². The highest BCUT2D eigenvalue weighted by Crippen LogP contribution is 2.20. The average Bonchev–Trinajstić information content (AvgIpc) is 2.69. The zero-order valence-corrected chi connectivity index (χ0v) is 15.8. The van der Waals surface area contributed by atoms with E-state index in [2.05, 4.69) is 10.2 Å². The standard InChI is InChI=1S/C20H30FN3O3/c21-17-3-5-19(6-4-17)27-15-16-2-1-9-24(14-16)20(26)22-18-7-10-23(11-8-18)12-13-25/h3-6,16,18,25H,1-2,7-15H2,(H,22,26)/t16-/m0/s1. The minimum atomic E-state index is -0.273. The molecule has 1 aromatic rings. The number of halogens is 1. The molecule has 0 bridgehead atoms. The van der Waals surface area contributed by atoms with Crippen LogP contribution in [0.25, 0.3) is 0 Å². The Hall–Kier alpha value is -1.86. The summed E-state index contributed by atoms with van der Waals surface area (Å²) in [6.45, 7) is 4.74. The molecule has 0 spiro atoms. The van der Waals surface area contributed by atoms with Gasteiger partial charge < -0.3 is 25.0 Å². The first-order chi connectivity index (χ1) is 13.1. The average molecular weight is 379 g/mol. The molecule has 2 saturated heterocycles. The third-order valence-corrected chi connectivity index (χ3v) is 5.44. The molecule has 2 amide bonds. The lowest BCUT2D eigenvalue weighted by Gasteiger charge is -2.36. The first-order valence-electron chi connectivity index (χ1n) is 9.91. The van der Waals surface area contributed by atoms with Crippen molar-refractivity contribution in [3.8, 4) is 5.75 Å². The van der Waals surface area contributed by atoms with Crippen molar-refractivity contribution in [2.75, 3.05) is 45.9 Å². The highest BCUT2D eigenvalue weighted by Gasteiger charge is 2.27. The van der Waals surface area contributed by atoms with Gasteiger partial charge in [-0.25, -0.2) is 9.18 Å². The molecule has 2 N–H and O–H groups in total. The highest BCUT2D eigenvalue weighted by molar-refractivity contribution is 5.74. The molecule has 7 heteroatoms. The molecule has 0 aliphatic carbocycles. The topological polar surface area (TPSA) is 65.0 Å². The number of carbonyl (C=O) groups is 1. The van der Waals surface area contributed by atoms with Crippen molar-refractivity contribution in [3.63, 3.8) is 0 Å². The van der Waals surface area contributed by atoms with Gasteiger partial charge in [0.15, 0.2) is 0 Å². The lowest BCUT2D eigenvalue weighted by molar-refractivity contribution is 0.126. The van der Waals surface area contributed by atoms with E-state index in [0.717, 1.165) is 45.3 Å². The minimum Gasteiger partial charge on any atom is -0.493 e. The number of hydrogen-bond acceptors (Lipinski definition) is 4. The summed E-state index contributed by atoms with van der Waals surface area (Å²) in [6.07, 6.45) is 3.86. The van der Waals surface area contributed by atoms with Gasteiger partial charge in [-0.3, -0.25) is 0 Å². The smallest absolute Gasteiger partial charge is 0.317 e. The number of nitrogens with one attached hydrogen (secondary N) is 1. The van der Waals surface area contributed by atoms with Crippen molar-refractivity contribution in [3.05, 3.63) is 30.1 Å². The second kappa shape index (κ2) is 9.90. The van der Waals surface area contributed by atoms with Crippen LogP contribution < -0.4 is 10.1 Å². The van der Waals surface area contributed by atoms with Crippen molar-refractivity contribution < 1.29 is 19.0 Å². The summed E-state index contributed by atoms with van der Waals surface area (Å²) in [7, 11) is 0. The Labute approximate surface area is 160 Å². The molecule has 3 rings (SSSR count). The molecule has 2 fully saturated rings. The van der Waals surface area contributed by atoms with E-state index >= 15 is 0 Å². The van der Waals surface area contributed by atoms with E-state index in [1.807, 2.05) is 4.90 Å². The third kappa shape index (κ3) is 6.07. The van der Waals surface area contributed by atoms with E-state index in [1.165, 1.54) is 12.1 Å². The Morgan fingerprint density at radius 3 is 2.63 bits per heavy atom.